The molecule has 0 atom stereocenters. The maximum Gasteiger partial charge on any atom is 0.0432 e. The molecule has 12 heavy (non-hydrogen) atoms. The van der Waals surface area contributed by atoms with E-state index in [1.165, 1.54) is 17.7 Å². The Labute approximate surface area is 80.6 Å². The fourth-order valence-corrected chi connectivity index (χ4v) is 1.97. The highest BCUT2D eigenvalue weighted by atomic mass is 79.9. The third-order valence-corrected chi connectivity index (χ3v) is 2.75. The van der Waals surface area contributed by atoms with Crippen LogP contribution in [0.3, 0.4) is 0 Å². The number of hydrogen-bond acceptors (Lipinski definition) is 1. The molecule has 0 aromatic heterocycles. The first kappa shape index (κ1) is 7.99. The van der Waals surface area contributed by atoms with E-state index in [0.29, 0.717) is 0 Å². The Kier molecular flexibility index (Phi) is 2.26. The fraction of sp³-hybridized carbons (Fsp3) is 0.300. The summed E-state index contributed by atoms with van der Waals surface area (Å²) in [5.74, 6) is 0. The average Bonchev–Trinajstić information content (AvgIpc) is 2.57. The van der Waals surface area contributed by atoms with E-state index in [4.69, 9.17) is 0 Å². The molecular formula is C10H10BrN. The Balaban J connectivity index is 2.39. The summed E-state index contributed by atoms with van der Waals surface area (Å²) >= 11 is 3.53. The predicted octanol–water partition coefficient (Wildman–Crippen LogP) is 3.03. The molecule has 0 fully saturated rings. The fourth-order valence-electron chi connectivity index (χ4n) is 1.45. The standard InChI is InChI=1S/C10H10BrN/c11-9-5-2-1-4-8(9)10-6-3-7-12-10/h1-2,4-5H,3,6-7H2. The van der Waals surface area contributed by atoms with Crippen molar-refractivity contribution >= 4 is 21.6 Å². The predicted molar refractivity (Wildman–Crippen MR) is 54.8 cm³/mol. The van der Waals surface area contributed by atoms with E-state index in [1.807, 2.05) is 6.07 Å². The molecule has 0 radical (unpaired) electrons. The van der Waals surface area contributed by atoms with Crippen molar-refractivity contribution in [3.05, 3.63) is 34.3 Å². The highest BCUT2D eigenvalue weighted by molar-refractivity contribution is 9.10. The van der Waals surface area contributed by atoms with Crippen molar-refractivity contribution in [3.63, 3.8) is 0 Å². The molecule has 0 amide bonds. The second kappa shape index (κ2) is 3.40. The Morgan fingerprint density at radius 3 is 2.75 bits per heavy atom. The van der Waals surface area contributed by atoms with Crippen LogP contribution in [0.4, 0.5) is 0 Å². The highest BCUT2D eigenvalue weighted by Crippen LogP contribution is 2.21. The zero-order valence-corrected chi connectivity index (χ0v) is 8.34. The molecule has 1 aliphatic heterocycles. The van der Waals surface area contributed by atoms with Crippen molar-refractivity contribution in [2.45, 2.75) is 12.8 Å². The Hall–Kier alpha value is -0.630. The van der Waals surface area contributed by atoms with Crippen LogP contribution in [0.2, 0.25) is 0 Å². The molecule has 1 nitrogen and oxygen atoms in total. The number of rotatable bonds is 1. The molecule has 0 saturated heterocycles. The number of benzene rings is 1. The van der Waals surface area contributed by atoms with Crippen LogP contribution < -0.4 is 0 Å². The summed E-state index contributed by atoms with van der Waals surface area (Å²) in [5.41, 5.74) is 2.51. The van der Waals surface area contributed by atoms with Crippen molar-refractivity contribution in [3.8, 4) is 0 Å². The SMILES string of the molecule is Brc1ccccc1C1=NCCC1. The van der Waals surface area contributed by atoms with Crippen molar-refractivity contribution in [1.29, 1.82) is 0 Å². The number of nitrogens with zero attached hydrogens (tertiary/aromatic N) is 1. The van der Waals surface area contributed by atoms with E-state index in [-0.39, 0.29) is 0 Å². The van der Waals surface area contributed by atoms with E-state index >= 15 is 0 Å². The third-order valence-electron chi connectivity index (χ3n) is 2.06. The van der Waals surface area contributed by atoms with E-state index in [9.17, 15) is 0 Å². The van der Waals surface area contributed by atoms with Crippen LogP contribution in [-0.4, -0.2) is 12.3 Å². The third kappa shape index (κ3) is 1.44. The molecule has 1 aliphatic rings. The summed E-state index contributed by atoms with van der Waals surface area (Å²) < 4.78 is 1.16. The van der Waals surface area contributed by atoms with Gasteiger partial charge in [0.25, 0.3) is 0 Å². The van der Waals surface area contributed by atoms with Gasteiger partial charge in [-0.25, -0.2) is 0 Å². The highest BCUT2D eigenvalue weighted by Gasteiger charge is 2.10. The van der Waals surface area contributed by atoms with Crippen LogP contribution in [-0.2, 0) is 0 Å². The molecule has 62 valence electrons. The lowest BCUT2D eigenvalue weighted by Gasteiger charge is -2.01. The van der Waals surface area contributed by atoms with Crippen LogP contribution in [0.25, 0.3) is 0 Å². The van der Waals surface area contributed by atoms with Gasteiger partial charge in [0.15, 0.2) is 0 Å². The van der Waals surface area contributed by atoms with Crippen molar-refractivity contribution < 1.29 is 0 Å². The Morgan fingerprint density at radius 2 is 2.08 bits per heavy atom. The summed E-state index contributed by atoms with van der Waals surface area (Å²) in [6.07, 6.45) is 2.33. The van der Waals surface area contributed by atoms with Crippen LogP contribution in [0.15, 0.2) is 33.7 Å². The molecule has 0 aliphatic carbocycles. The molecule has 0 N–H and O–H groups in total. The zero-order chi connectivity index (χ0) is 8.39. The lowest BCUT2D eigenvalue weighted by atomic mass is 10.1. The van der Waals surface area contributed by atoms with E-state index in [0.717, 1.165) is 17.4 Å². The van der Waals surface area contributed by atoms with Gasteiger partial charge < -0.3 is 0 Å². The van der Waals surface area contributed by atoms with Crippen LogP contribution >= 0.6 is 15.9 Å². The average molecular weight is 224 g/mol. The van der Waals surface area contributed by atoms with Gasteiger partial charge in [-0.2, -0.15) is 0 Å². The summed E-state index contributed by atoms with van der Waals surface area (Å²) in [5, 5.41) is 0. The first-order valence-corrected chi connectivity index (χ1v) is 4.95. The largest absolute Gasteiger partial charge is 0.289 e. The van der Waals surface area contributed by atoms with E-state index in [2.05, 4.69) is 39.1 Å². The van der Waals surface area contributed by atoms with Gasteiger partial charge >= 0.3 is 0 Å². The molecule has 1 aromatic rings. The maximum absolute atomic E-state index is 4.45. The van der Waals surface area contributed by atoms with Crippen LogP contribution in [0.1, 0.15) is 18.4 Å². The van der Waals surface area contributed by atoms with Crippen molar-refractivity contribution in [2.75, 3.05) is 6.54 Å². The molecule has 0 saturated carbocycles. The second-order valence-corrected chi connectivity index (χ2v) is 3.77. The summed E-state index contributed by atoms with van der Waals surface area (Å²) in [6, 6.07) is 8.27. The van der Waals surface area contributed by atoms with Gasteiger partial charge in [-0.15, -0.1) is 0 Å². The van der Waals surface area contributed by atoms with Crippen molar-refractivity contribution in [1.82, 2.24) is 0 Å². The molecule has 1 heterocycles. The van der Waals surface area contributed by atoms with E-state index < -0.39 is 0 Å². The molecule has 0 spiro atoms. The minimum absolute atomic E-state index is 0.997. The van der Waals surface area contributed by atoms with Gasteiger partial charge in [-0.1, -0.05) is 34.1 Å². The van der Waals surface area contributed by atoms with Crippen LogP contribution in [0.5, 0.6) is 0 Å². The number of aliphatic imine (C=N–C) groups is 1. The monoisotopic (exact) mass is 223 g/mol. The first-order valence-electron chi connectivity index (χ1n) is 4.16. The van der Waals surface area contributed by atoms with Gasteiger partial charge in [0.05, 0.1) is 0 Å². The number of halogens is 1. The lowest BCUT2D eigenvalue weighted by molar-refractivity contribution is 0.951. The normalized spacial score (nSPS) is 16.2. The topological polar surface area (TPSA) is 12.4 Å². The molecule has 0 unspecified atom stereocenters. The van der Waals surface area contributed by atoms with Gasteiger partial charge in [-0.3, -0.25) is 4.99 Å². The molecule has 2 heteroatoms. The zero-order valence-electron chi connectivity index (χ0n) is 6.76. The van der Waals surface area contributed by atoms with Gasteiger partial charge in [0.1, 0.15) is 0 Å². The minimum Gasteiger partial charge on any atom is -0.289 e. The van der Waals surface area contributed by atoms with Crippen molar-refractivity contribution in [2.24, 2.45) is 4.99 Å². The second-order valence-electron chi connectivity index (χ2n) is 2.91. The smallest absolute Gasteiger partial charge is 0.0432 e. The number of hydrogen-bond donors (Lipinski definition) is 0. The lowest BCUT2D eigenvalue weighted by Crippen LogP contribution is -1.96. The van der Waals surface area contributed by atoms with Crippen LogP contribution in [0, 0.1) is 0 Å². The molecule has 2 rings (SSSR count). The Bertz CT molecular complexity index is 317. The Morgan fingerprint density at radius 1 is 1.25 bits per heavy atom. The summed E-state index contributed by atoms with van der Waals surface area (Å²) in [7, 11) is 0. The molecule has 1 aromatic carbocycles. The molecule has 0 bridgehead atoms. The maximum atomic E-state index is 4.45. The van der Waals surface area contributed by atoms with Gasteiger partial charge in [0, 0.05) is 22.3 Å². The first-order chi connectivity index (χ1) is 5.88. The van der Waals surface area contributed by atoms with Gasteiger partial charge in [-0.05, 0) is 18.9 Å². The summed E-state index contributed by atoms with van der Waals surface area (Å²) in [6.45, 7) is 0.997. The quantitative estimate of drug-likeness (QED) is 0.695. The van der Waals surface area contributed by atoms with E-state index in [1.54, 1.807) is 0 Å². The molecular weight excluding hydrogens is 214 g/mol. The minimum atomic E-state index is 0.997. The summed E-state index contributed by atoms with van der Waals surface area (Å²) in [4.78, 5) is 4.45. The van der Waals surface area contributed by atoms with Gasteiger partial charge in [0.2, 0.25) is 0 Å².